The van der Waals surface area contributed by atoms with Gasteiger partial charge in [-0.2, -0.15) is 0 Å². The van der Waals surface area contributed by atoms with E-state index in [-0.39, 0.29) is 69.9 Å². The SMILES string of the molecule is O=P([O-])([O-])CP(=O)([O-])Oc1ccccc1.O=P([O-])([O-])CP(=O)([O-])Oc1ccccc1.[Zn+2].[Zn+2].[Zn+2]. The van der Waals surface area contributed by atoms with Crippen molar-refractivity contribution < 1.29 is 115 Å². The van der Waals surface area contributed by atoms with E-state index < -0.39 is 42.2 Å². The zero-order chi connectivity index (χ0) is 23.1. The fourth-order valence-corrected chi connectivity index (χ4v) is 6.51. The first kappa shape index (κ1) is 38.1. The van der Waals surface area contributed by atoms with Gasteiger partial charge in [-0.1, -0.05) is 51.6 Å². The van der Waals surface area contributed by atoms with Gasteiger partial charge in [-0.3, -0.25) is 9.13 Å². The maximum absolute atomic E-state index is 11.0. The van der Waals surface area contributed by atoms with Crippen LogP contribution in [0.5, 0.6) is 11.5 Å². The van der Waals surface area contributed by atoms with Crippen molar-refractivity contribution >= 4 is 30.4 Å². The first-order valence-electron chi connectivity index (χ1n) is 7.69. The van der Waals surface area contributed by atoms with Gasteiger partial charge in [0.2, 0.25) is 0 Å². The fourth-order valence-electron chi connectivity index (χ4n) is 1.77. The van der Waals surface area contributed by atoms with Gasteiger partial charge in [0, 0.05) is 0 Å². The Kier molecular flexibility index (Phi) is 18.9. The third-order valence-corrected chi connectivity index (χ3v) is 9.19. The summed E-state index contributed by atoms with van der Waals surface area (Å²) in [6, 6.07) is 14.7. The predicted molar refractivity (Wildman–Crippen MR) is 94.3 cm³/mol. The number of para-hydroxylation sites is 2. The summed E-state index contributed by atoms with van der Waals surface area (Å²) >= 11 is 0. The first-order chi connectivity index (χ1) is 13.6. The van der Waals surface area contributed by atoms with Gasteiger partial charge in [-0.15, -0.1) is 0 Å². The van der Waals surface area contributed by atoms with Gasteiger partial charge in [-0.05, 0) is 24.3 Å². The summed E-state index contributed by atoms with van der Waals surface area (Å²) < 4.78 is 51.4. The molecule has 0 aliphatic heterocycles. The van der Waals surface area contributed by atoms with E-state index in [1.54, 1.807) is 12.1 Å². The quantitative estimate of drug-likeness (QED) is 0.239. The third kappa shape index (κ3) is 20.5. The fraction of sp³-hybridized carbons (Fsp3) is 0.143. The van der Waals surface area contributed by atoms with E-state index in [0.717, 1.165) is 0 Å². The molecular weight excluding hydrogens is 680 g/mol. The molecule has 0 saturated carbocycles. The smallest absolute Gasteiger partial charge is 0.810 e. The Labute approximate surface area is 228 Å². The molecule has 2 rings (SSSR count). The molecule has 0 radical (unpaired) electrons. The van der Waals surface area contributed by atoms with Gasteiger partial charge in [0.15, 0.2) is 15.2 Å². The van der Waals surface area contributed by atoms with Crippen LogP contribution in [0.25, 0.3) is 0 Å². The van der Waals surface area contributed by atoms with Gasteiger partial charge in [0.05, 0.1) is 11.8 Å². The minimum absolute atomic E-state index is 0. The Morgan fingerprint density at radius 3 is 0.970 bits per heavy atom. The standard InChI is InChI=1S/2C7H10O6P2.3Zn/c2*8-14(9,10)6-15(11,12)13-7-4-2-1-3-5-7;;;/h2*1-5H,6H2,(H,11,12)(H2,8,9,10);;;/q;;3*+2/p-6. The summed E-state index contributed by atoms with van der Waals surface area (Å²) in [7, 11) is -19.6. The van der Waals surface area contributed by atoms with Crippen LogP contribution in [0.15, 0.2) is 60.7 Å². The van der Waals surface area contributed by atoms with Crippen LogP contribution in [0.1, 0.15) is 0 Å². The molecule has 0 spiro atoms. The molecular formula is C14H14O12P4Zn3. The summed E-state index contributed by atoms with van der Waals surface area (Å²) in [6.45, 7) is 0. The van der Waals surface area contributed by atoms with Crippen molar-refractivity contribution in [1.82, 2.24) is 0 Å². The van der Waals surface area contributed by atoms with Gasteiger partial charge in [-0.25, -0.2) is 0 Å². The van der Waals surface area contributed by atoms with Crippen LogP contribution in [-0.2, 0) is 76.7 Å². The van der Waals surface area contributed by atoms with E-state index in [0.29, 0.717) is 0 Å². The maximum atomic E-state index is 11.0. The molecule has 2 atom stereocenters. The van der Waals surface area contributed by atoms with Crippen molar-refractivity contribution in [3.8, 4) is 11.5 Å². The number of rotatable bonds is 8. The summed E-state index contributed by atoms with van der Waals surface area (Å²) in [5, 5.41) is 0. The van der Waals surface area contributed by atoms with Crippen molar-refractivity contribution in [2.45, 2.75) is 0 Å². The normalized spacial score (nSPS) is 14.2. The van der Waals surface area contributed by atoms with Crippen LogP contribution < -0.4 is 38.4 Å². The average molecular weight is 694 g/mol. The zero-order valence-electron chi connectivity index (χ0n) is 17.0. The van der Waals surface area contributed by atoms with E-state index in [4.69, 9.17) is 0 Å². The zero-order valence-corrected chi connectivity index (χ0v) is 29.5. The summed E-state index contributed by atoms with van der Waals surface area (Å²) in [5.41, 5.74) is 0. The second-order valence-electron chi connectivity index (χ2n) is 5.54. The van der Waals surface area contributed by atoms with E-state index in [1.165, 1.54) is 48.5 Å². The monoisotopic (exact) mass is 690 g/mol. The van der Waals surface area contributed by atoms with Crippen LogP contribution in [-0.4, -0.2) is 11.8 Å². The molecule has 2 unspecified atom stereocenters. The molecule has 0 aliphatic carbocycles. The largest absolute Gasteiger partial charge is 2.00 e. The number of hydrogen-bond donors (Lipinski definition) is 0. The Balaban J connectivity index is -0.000000500. The molecule has 2 aromatic rings. The molecule has 168 valence electrons. The van der Waals surface area contributed by atoms with Crippen molar-refractivity contribution in [3.63, 3.8) is 0 Å². The molecule has 2 aromatic carbocycles. The second-order valence-corrected chi connectivity index (χ2v) is 13.1. The van der Waals surface area contributed by atoms with E-state index >= 15 is 0 Å². The first-order valence-corrected chi connectivity index (χ1v) is 14.6. The summed E-state index contributed by atoms with van der Waals surface area (Å²) in [4.78, 5) is 63.1. The van der Waals surface area contributed by atoms with Gasteiger partial charge < -0.3 is 47.5 Å². The average Bonchev–Trinajstić information content (AvgIpc) is 2.51. The molecule has 0 N–H and O–H groups in total. The molecule has 0 amide bonds. The Morgan fingerprint density at radius 2 is 0.758 bits per heavy atom. The Bertz CT molecular complexity index is 918. The van der Waals surface area contributed by atoms with Crippen molar-refractivity contribution in [2.24, 2.45) is 0 Å². The number of benzene rings is 2. The topological polar surface area (TPSA) is 225 Å². The minimum atomic E-state index is -5.12. The summed E-state index contributed by atoms with van der Waals surface area (Å²) in [5.74, 6) is -3.09. The van der Waals surface area contributed by atoms with Crippen LogP contribution in [0.3, 0.4) is 0 Å². The Morgan fingerprint density at radius 1 is 0.515 bits per heavy atom. The second kappa shape index (κ2) is 16.4. The molecule has 33 heavy (non-hydrogen) atoms. The molecule has 0 bridgehead atoms. The van der Waals surface area contributed by atoms with Gasteiger partial charge in [0.1, 0.15) is 11.5 Å². The maximum Gasteiger partial charge on any atom is 2.00 e. The van der Waals surface area contributed by atoms with E-state index in [9.17, 15) is 47.6 Å². The van der Waals surface area contributed by atoms with Crippen molar-refractivity contribution in [3.05, 3.63) is 60.7 Å². The van der Waals surface area contributed by atoms with Crippen LogP contribution in [0.2, 0.25) is 0 Å². The third-order valence-electron chi connectivity index (χ3n) is 2.67. The molecule has 0 fully saturated rings. The molecule has 0 heterocycles. The van der Waals surface area contributed by atoms with E-state index in [2.05, 4.69) is 9.05 Å². The van der Waals surface area contributed by atoms with Gasteiger partial charge >= 0.3 is 58.4 Å². The Hall–Kier alpha value is 0.590. The summed E-state index contributed by atoms with van der Waals surface area (Å²) in [6.07, 6.45) is 0. The minimum Gasteiger partial charge on any atom is -0.810 e. The van der Waals surface area contributed by atoms with Gasteiger partial charge in [0.25, 0.3) is 0 Å². The predicted octanol–water partition coefficient (Wildman–Crippen LogP) is -1.03. The van der Waals surface area contributed by atoms with Crippen LogP contribution in [0, 0.1) is 0 Å². The molecule has 12 nitrogen and oxygen atoms in total. The van der Waals surface area contributed by atoms with Crippen LogP contribution >= 0.6 is 30.4 Å². The van der Waals surface area contributed by atoms with Crippen LogP contribution in [0.4, 0.5) is 0 Å². The molecule has 0 aliphatic rings. The molecule has 19 heteroatoms. The van der Waals surface area contributed by atoms with Crippen molar-refractivity contribution in [1.29, 1.82) is 0 Å². The van der Waals surface area contributed by atoms with Crippen molar-refractivity contribution in [2.75, 3.05) is 11.8 Å². The number of hydrogen-bond acceptors (Lipinski definition) is 12. The molecule has 0 aromatic heterocycles. The molecule has 0 saturated heterocycles. The van der Waals surface area contributed by atoms with E-state index in [1.807, 2.05) is 0 Å².